The third kappa shape index (κ3) is 51.4. The Morgan fingerprint density at radius 3 is 1.00 bits per heavy atom. The van der Waals surface area contributed by atoms with Gasteiger partial charge in [0.25, 0.3) is 0 Å². The van der Waals surface area contributed by atoms with E-state index >= 15 is 0 Å². The van der Waals surface area contributed by atoms with Crippen LogP contribution >= 0.6 is 0 Å². The molecule has 0 aliphatic carbocycles. The van der Waals surface area contributed by atoms with Gasteiger partial charge in [-0.3, -0.25) is 14.4 Å². The molecule has 0 saturated carbocycles. The molecule has 0 rings (SSSR count). The smallest absolute Gasteiger partial charge is 0.306 e. The number of carbonyl (C=O) groups is 3. The Morgan fingerprint density at radius 1 is 0.323 bits per heavy atom. The van der Waals surface area contributed by atoms with Crippen LogP contribution in [0.4, 0.5) is 0 Å². The van der Waals surface area contributed by atoms with E-state index in [2.05, 4.69) is 106 Å². The molecule has 0 radical (unpaired) electrons. The summed E-state index contributed by atoms with van der Waals surface area (Å²) in [4.78, 5) is 38.0. The molecule has 1 atom stereocenters. The van der Waals surface area contributed by atoms with E-state index in [0.29, 0.717) is 19.3 Å². The lowest BCUT2D eigenvalue weighted by atomic mass is 10.1. The predicted molar refractivity (Wildman–Crippen MR) is 279 cm³/mol. The number of hydrogen-bond acceptors (Lipinski definition) is 6. The molecule has 0 aromatic carbocycles. The molecule has 0 N–H and O–H groups in total. The summed E-state index contributed by atoms with van der Waals surface area (Å²) in [5.74, 6) is -0.909. The van der Waals surface area contributed by atoms with Crippen molar-refractivity contribution in [3.05, 3.63) is 85.1 Å². The summed E-state index contributed by atoms with van der Waals surface area (Å²) in [7, 11) is 0. The Hall–Kier alpha value is -3.41. The fourth-order valence-corrected chi connectivity index (χ4v) is 7.33. The standard InChI is InChI=1S/C59H100O6/c1-4-7-10-13-16-19-22-24-25-26-27-28-29-30-31-32-33-35-37-40-43-46-49-52-58(61)64-55-56(54-63-57(60)51-48-45-42-39-36-21-18-15-12-9-6-3)65-59(62)53-50-47-44-41-38-34-23-20-17-14-11-8-5-2/h7,10-11,14,16,19-20,23-25,27-28,30-31,56H,4-6,8-9,12-13,15,17-18,21-22,26,29,32-55H2,1-3H3/b10-7-,14-11-,19-16-,23-20-,25-24-,28-27-,31-30-. The quantitative estimate of drug-likeness (QED) is 0.0262. The van der Waals surface area contributed by atoms with Crippen LogP contribution in [0.3, 0.4) is 0 Å². The van der Waals surface area contributed by atoms with Gasteiger partial charge in [-0.15, -0.1) is 0 Å². The van der Waals surface area contributed by atoms with Gasteiger partial charge in [-0.1, -0.05) is 228 Å². The molecular formula is C59H100O6. The highest BCUT2D eigenvalue weighted by molar-refractivity contribution is 5.71. The number of ether oxygens (including phenoxy) is 3. The van der Waals surface area contributed by atoms with Gasteiger partial charge in [0.1, 0.15) is 13.2 Å². The third-order valence-electron chi connectivity index (χ3n) is 11.4. The van der Waals surface area contributed by atoms with Crippen LogP contribution in [0.5, 0.6) is 0 Å². The maximum Gasteiger partial charge on any atom is 0.306 e. The zero-order valence-corrected chi connectivity index (χ0v) is 42.5. The van der Waals surface area contributed by atoms with E-state index in [0.717, 1.165) is 128 Å². The summed E-state index contributed by atoms with van der Waals surface area (Å²) >= 11 is 0. The normalized spacial score (nSPS) is 12.7. The second-order valence-corrected chi connectivity index (χ2v) is 17.8. The molecule has 0 aliphatic rings. The third-order valence-corrected chi connectivity index (χ3v) is 11.4. The highest BCUT2D eigenvalue weighted by Crippen LogP contribution is 2.15. The van der Waals surface area contributed by atoms with Crippen molar-refractivity contribution in [1.82, 2.24) is 0 Å². The van der Waals surface area contributed by atoms with Crippen molar-refractivity contribution >= 4 is 17.9 Å². The van der Waals surface area contributed by atoms with E-state index in [1.165, 1.54) is 83.5 Å². The molecule has 0 saturated heterocycles. The first-order chi connectivity index (χ1) is 32.0. The van der Waals surface area contributed by atoms with E-state index in [-0.39, 0.29) is 31.1 Å². The monoisotopic (exact) mass is 905 g/mol. The molecule has 0 heterocycles. The van der Waals surface area contributed by atoms with Crippen LogP contribution in [0.15, 0.2) is 85.1 Å². The van der Waals surface area contributed by atoms with Gasteiger partial charge in [0, 0.05) is 19.3 Å². The topological polar surface area (TPSA) is 78.9 Å². The largest absolute Gasteiger partial charge is 0.462 e. The predicted octanol–water partition coefficient (Wildman–Crippen LogP) is 18.0. The van der Waals surface area contributed by atoms with Crippen LogP contribution < -0.4 is 0 Å². The van der Waals surface area contributed by atoms with Crippen molar-refractivity contribution in [3.8, 4) is 0 Å². The maximum absolute atomic E-state index is 12.8. The van der Waals surface area contributed by atoms with Gasteiger partial charge < -0.3 is 14.2 Å². The minimum atomic E-state index is -0.786. The molecule has 1 unspecified atom stereocenters. The van der Waals surface area contributed by atoms with Crippen molar-refractivity contribution in [2.45, 2.75) is 258 Å². The Labute approximate surface area is 401 Å². The van der Waals surface area contributed by atoms with E-state index in [9.17, 15) is 14.4 Å². The number of esters is 3. The number of allylic oxidation sites excluding steroid dienone is 14. The molecule has 6 nitrogen and oxygen atoms in total. The highest BCUT2D eigenvalue weighted by Gasteiger charge is 2.19. The van der Waals surface area contributed by atoms with Crippen molar-refractivity contribution < 1.29 is 28.6 Å². The molecule has 0 bridgehead atoms. The average molecular weight is 905 g/mol. The van der Waals surface area contributed by atoms with E-state index in [1.807, 2.05) is 0 Å². The lowest BCUT2D eigenvalue weighted by Crippen LogP contribution is -2.30. The van der Waals surface area contributed by atoms with Crippen LogP contribution in [0, 0.1) is 0 Å². The minimum Gasteiger partial charge on any atom is -0.462 e. The summed E-state index contributed by atoms with van der Waals surface area (Å²) in [6.45, 7) is 6.43. The Bertz CT molecular complexity index is 1270. The number of rotatable bonds is 48. The Morgan fingerprint density at radius 2 is 0.631 bits per heavy atom. The van der Waals surface area contributed by atoms with E-state index < -0.39 is 6.10 Å². The molecule has 0 amide bonds. The molecule has 65 heavy (non-hydrogen) atoms. The van der Waals surface area contributed by atoms with Crippen LogP contribution in [-0.2, 0) is 28.6 Å². The molecule has 6 heteroatoms. The zero-order chi connectivity index (χ0) is 47.2. The second kappa shape index (κ2) is 53.2. The second-order valence-electron chi connectivity index (χ2n) is 17.8. The van der Waals surface area contributed by atoms with Gasteiger partial charge in [-0.25, -0.2) is 0 Å². The SMILES string of the molecule is CC/C=C\C/C=C\C/C=C\C/C=C\C/C=C\CCCCCCCCCC(=O)OCC(COC(=O)CCCCCCCCCCCCC)OC(=O)CCCCCCC/C=C\C/C=C\CCC. The van der Waals surface area contributed by atoms with Crippen molar-refractivity contribution in [3.63, 3.8) is 0 Å². The lowest BCUT2D eigenvalue weighted by Gasteiger charge is -2.18. The number of hydrogen-bond donors (Lipinski definition) is 0. The Balaban J connectivity index is 4.33. The van der Waals surface area contributed by atoms with Gasteiger partial charge >= 0.3 is 17.9 Å². The van der Waals surface area contributed by atoms with Crippen LogP contribution in [0.25, 0.3) is 0 Å². The maximum atomic E-state index is 12.8. The first-order valence-corrected chi connectivity index (χ1v) is 27.1. The minimum absolute atomic E-state index is 0.0844. The summed E-state index contributed by atoms with van der Waals surface area (Å²) in [6.07, 6.45) is 68.5. The van der Waals surface area contributed by atoms with Gasteiger partial charge in [-0.05, 0) is 89.9 Å². The molecule has 0 aromatic heterocycles. The molecule has 0 aliphatic heterocycles. The van der Waals surface area contributed by atoms with E-state index in [1.54, 1.807) is 0 Å². The van der Waals surface area contributed by atoms with E-state index in [4.69, 9.17) is 14.2 Å². The number of carbonyl (C=O) groups excluding carboxylic acids is 3. The van der Waals surface area contributed by atoms with Gasteiger partial charge in [0.2, 0.25) is 0 Å². The first kappa shape index (κ1) is 61.6. The lowest BCUT2D eigenvalue weighted by molar-refractivity contribution is -0.167. The molecule has 0 spiro atoms. The summed E-state index contributed by atoms with van der Waals surface area (Å²) in [6, 6.07) is 0. The summed E-state index contributed by atoms with van der Waals surface area (Å²) in [5.41, 5.74) is 0. The molecular weight excluding hydrogens is 805 g/mol. The summed E-state index contributed by atoms with van der Waals surface area (Å²) in [5, 5.41) is 0. The highest BCUT2D eigenvalue weighted by atomic mass is 16.6. The Kier molecular flexibility index (Phi) is 50.4. The fourth-order valence-electron chi connectivity index (χ4n) is 7.33. The van der Waals surface area contributed by atoms with Crippen LogP contribution in [0.2, 0.25) is 0 Å². The van der Waals surface area contributed by atoms with Gasteiger partial charge in [0.15, 0.2) is 6.10 Å². The van der Waals surface area contributed by atoms with Crippen molar-refractivity contribution in [2.24, 2.45) is 0 Å². The number of unbranched alkanes of at least 4 members (excludes halogenated alkanes) is 23. The van der Waals surface area contributed by atoms with Gasteiger partial charge in [-0.2, -0.15) is 0 Å². The fraction of sp³-hybridized carbons (Fsp3) is 0.712. The molecule has 372 valence electrons. The summed E-state index contributed by atoms with van der Waals surface area (Å²) < 4.78 is 16.8. The van der Waals surface area contributed by atoms with Gasteiger partial charge in [0.05, 0.1) is 0 Å². The van der Waals surface area contributed by atoms with Crippen LogP contribution in [0.1, 0.15) is 252 Å². The van der Waals surface area contributed by atoms with Crippen molar-refractivity contribution in [2.75, 3.05) is 13.2 Å². The molecule has 0 fully saturated rings. The van der Waals surface area contributed by atoms with Crippen molar-refractivity contribution in [1.29, 1.82) is 0 Å². The van der Waals surface area contributed by atoms with Crippen LogP contribution in [-0.4, -0.2) is 37.2 Å². The average Bonchev–Trinajstić information content (AvgIpc) is 3.30. The molecule has 0 aromatic rings. The first-order valence-electron chi connectivity index (χ1n) is 27.1. The zero-order valence-electron chi connectivity index (χ0n) is 42.5.